The second-order valence-electron chi connectivity index (χ2n) is 4.33. The van der Waals surface area contributed by atoms with E-state index in [0.717, 1.165) is 13.1 Å². The highest BCUT2D eigenvalue weighted by molar-refractivity contribution is 5.33. The van der Waals surface area contributed by atoms with Crippen LogP contribution < -0.4 is 0 Å². The van der Waals surface area contributed by atoms with Crippen molar-refractivity contribution in [2.75, 3.05) is 19.7 Å². The lowest BCUT2D eigenvalue weighted by Gasteiger charge is -2.31. The SMILES string of the molecule is CC1CN(Cc2cc(C#N)ccc2F)CCO1. The lowest BCUT2D eigenvalue weighted by molar-refractivity contribution is -0.0215. The predicted octanol–water partition coefficient (Wildman–Crippen LogP) is 1.92. The highest BCUT2D eigenvalue weighted by atomic mass is 19.1. The van der Waals surface area contributed by atoms with Gasteiger partial charge in [0.1, 0.15) is 5.82 Å². The van der Waals surface area contributed by atoms with E-state index in [1.807, 2.05) is 13.0 Å². The molecule has 1 heterocycles. The molecule has 2 rings (SSSR count). The summed E-state index contributed by atoms with van der Waals surface area (Å²) in [6.07, 6.45) is 0.186. The summed E-state index contributed by atoms with van der Waals surface area (Å²) in [6.45, 7) is 4.83. The van der Waals surface area contributed by atoms with Gasteiger partial charge in [-0.25, -0.2) is 4.39 Å². The Morgan fingerprint density at radius 2 is 2.41 bits per heavy atom. The van der Waals surface area contributed by atoms with Gasteiger partial charge in [0.2, 0.25) is 0 Å². The molecule has 0 saturated carbocycles. The quantitative estimate of drug-likeness (QED) is 0.784. The molecule has 4 heteroatoms. The molecule has 3 nitrogen and oxygen atoms in total. The Balaban J connectivity index is 2.10. The molecule has 17 heavy (non-hydrogen) atoms. The summed E-state index contributed by atoms with van der Waals surface area (Å²) in [4.78, 5) is 2.15. The van der Waals surface area contributed by atoms with Gasteiger partial charge in [-0.05, 0) is 25.1 Å². The van der Waals surface area contributed by atoms with E-state index < -0.39 is 0 Å². The van der Waals surface area contributed by atoms with Gasteiger partial charge in [-0.15, -0.1) is 0 Å². The smallest absolute Gasteiger partial charge is 0.127 e. The van der Waals surface area contributed by atoms with Crippen LogP contribution in [0.4, 0.5) is 4.39 Å². The van der Waals surface area contributed by atoms with Crippen LogP contribution in [0.15, 0.2) is 18.2 Å². The van der Waals surface area contributed by atoms with Crippen LogP contribution in [0.2, 0.25) is 0 Å². The van der Waals surface area contributed by atoms with Crippen LogP contribution in [-0.4, -0.2) is 30.7 Å². The summed E-state index contributed by atoms with van der Waals surface area (Å²) in [5.41, 5.74) is 1.08. The van der Waals surface area contributed by atoms with Crippen LogP contribution in [0.25, 0.3) is 0 Å². The molecule has 0 aromatic heterocycles. The van der Waals surface area contributed by atoms with Crippen molar-refractivity contribution in [1.29, 1.82) is 5.26 Å². The first-order valence-corrected chi connectivity index (χ1v) is 5.71. The summed E-state index contributed by atoms with van der Waals surface area (Å²) in [6, 6.07) is 6.51. The van der Waals surface area contributed by atoms with Gasteiger partial charge in [-0.1, -0.05) is 0 Å². The Bertz CT molecular complexity index is 442. The Kier molecular flexibility index (Phi) is 3.72. The molecule has 1 saturated heterocycles. The van der Waals surface area contributed by atoms with Crippen molar-refractivity contribution >= 4 is 0 Å². The zero-order chi connectivity index (χ0) is 12.3. The molecule has 0 aliphatic carbocycles. The first-order valence-electron chi connectivity index (χ1n) is 5.71. The van der Waals surface area contributed by atoms with Crippen LogP contribution in [0, 0.1) is 17.1 Å². The molecule has 0 spiro atoms. The third-order valence-corrected chi connectivity index (χ3v) is 2.89. The van der Waals surface area contributed by atoms with Crippen molar-refractivity contribution in [2.24, 2.45) is 0 Å². The van der Waals surface area contributed by atoms with Gasteiger partial charge in [-0.3, -0.25) is 4.90 Å². The molecule has 1 aromatic rings. The normalized spacial score (nSPS) is 21.1. The first kappa shape index (κ1) is 12.0. The van der Waals surface area contributed by atoms with Crippen molar-refractivity contribution in [3.05, 3.63) is 35.1 Å². The number of nitrogens with zero attached hydrogens (tertiary/aromatic N) is 2. The van der Waals surface area contributed by atoms with Crippen molar-refractivity contribution in [2.45, 2.75) is 19.6 Å². The summed E-state index contributed by atoms with van der Waals surface area (Å²) < 4.78 is 19.0. The molecule has 1 unspecified atom stereocenters. The Hall–Kier alpha value is -1.44. The average molecular weight is 234 g/mol. The third kappa shape index (κ3) is 3.02. The van der Waals surface area contributed by atoms with E-state index in [4.69, 9.17) is 10.00 Å². The van der Waals surface area contributed by atoms with Gasteiger partial charge in [0.15, 0.2) is 0 Å². The maximum absolute atomic E-state index is 13.6. The Morgan fingerprint density at radius 3 is 3.12 bits per heavy atom. The Labute approximate surface area is 100 Å². The van der Waals surface area contributed by atoms with Crippen molar-refractivity contribution < 1.29 is 9.13 Å². The summed E-state index contributed by atoms with van der Waals surface area (Å²) in [7, 11) is 0. The minimum atomic E-state index is -0.247. The molecule has 1 aliphatic rings. The monoisotopic (exact) mass is 234 g/mol. The molecule has 0 amide bonds. The van der Waals surface area contributed by atoms with Gasteiger partial charge >= 0.3 is 0 Å². The van der Waals surface area contributed by atoms with Crippen molar-refractivity contribution in [3.63, 3.8) is 0 Å². The van der Waals surface area contributed by atoms with E-state index in [-0.39, 0.29) is 11.9 Å². The summed E-state index contributed by atoms with van der Waals surface area (Å²) in [5.74, 6) is -0.247. The number of hydrogen-bond donors (Lipinski definition) is 0. The molecule has 90 valence electrons. The fourth-order valence-corrected chi connectivity index (χ4v) is 2.04. The molecule has 0 N–H and O–H groups in total. The molecular weight excluding hydrogens is 219 g/mol. The second-order valence-corrected chi connectivity index (χ2v) is 4.33. The summed E-state index contributed by atoms with van der Waals surface area (Å²) >= 11 is 0. The maximum Gasteiger partial charge on any atom is 0.127 e. The largest absolute Gasteiger partial charge is 0.376 e. The van der Waals surface area contributed by atoms with E-state index in [2.05, 4.69) is 4.90 Å². The number of hydrogen-bond acceptors (Lipinski definition) is 3. The zero-order valence-corrected chi connectivity index (χ0v) is 9.82. The Morgan fingerprint density at radius 1 is 1.59 bits per heavy atom. The predicted molar refractivity (Wildman–Crippen MR) is 61.8 cm³/mol. The van der Waals surface area contributed by atoms with Crippen molar-refractivity contribution in [3.8, 4) is 6.07 Å². The van der Waals surface area contributed by atoms with E-state index >= 15 is 0 Å². The fraction of sp³-hybridized carbons (Fsp3) is 0.462. The number of rotatable bonds is 2. The molecular formula is C13H15FN2O. The maximum atomic E-state index is 13.6. The van der Waals surface area contributed by atoms with Crippen molar-refractivity contribution in [1.82, 2.24) is 4.90 Å². The summed E-state index contributed by atoms with van der Waals surface area (Å²) in [5, 5.41) is 8.79. The first-order chi connectivity index (χ1) is 8.19. The second kappa shape index (κ2) is 5.26. The number of ether oxygens (including phenoxy) is 1. The van der Waals surface area contributed by atoms with E-state index in [9.17, 15) is 4.39 Å². The van der Waals surface area contributed by atoms with Gasteiger partial charge in [0, 0.05) is 25.2 Å². The van der Waals surface area contributed by atoms with Gasteiger partial charge in [0.25, 0.3) is 0 Å². The van der Waals surface area contributed by atoms with Crippen LogP contribution >= 0.6 is 0 Å². The average Bonchev–Trinajstić information content (AvgIpc) is 2.32. The fourth-order valence-electron chi connectivity index (χ4n) is 2.04. The minimum Gasteiger partial charge on any atom is -0.376 e. The molecule has 1 atom stereocenters. The van der Waals surface area contributed by atoms with Crippen LogP contribution in [-0.2, 0) is 11.3 Å². The molecule has 1 fully saturated rings. The molecule has 0 radical (unpaired) electrons. The number of nitriles is 1. The van der Waals surface area contributed by atoms with Gasteiger partial charge < -0.3 is 4.74 Å². The molecule has 0 bridgehead atoms. The molecule has 1 aliphatic heterocycles. The lowest BCUT2D eigenvalue weighted by Crippen LogP contribution is -2.40. The van der Waals surface area contributed by atoms with Crippen LogP contribution in [0.1, 0.15) is 18.1 Å². The number of benzene rings is 1. The highest BCUT2D eigenvalue weighted by Crippen LogP contribution is 2.15. The van der Waals surface area contributed by atoms with Crippen LogP contribution in [0.5, 0.6) is 0 Å². The van der Waals surface area contributed by atoms with Gasteiger partial charge in [-0.2, -0.15) is 5.26 Å². The highest BCUT2D eigenvalue weighted by Gasteiger charge is 2.18. The van der Waals surface area contributed by atoms with Crippen LogP contribution in [0.3, 0.4) is 0 Å². The standard InChI is InChI=1S/C13H15FN2O/c1-10-8-16(4-5-17-10)9-12-6-11(7-15)2-3-13(12)14/h2-3,6,10H,4-5,8-9H2,1H3. The van der Waals surface area contributed by atoms with E-state index in [1.165, 1.54) is 12.1 Å². The number of halogens is 1. The van der Waals surface area contributed by atoms with Gasteiger partial charge in [0.05, 0.1) is 24.3 Å². The minimum absolute atomic E-state index is 0.186. The lowest BCUT2D eigenvalue weighted by atomic mass is 10.1. The number of morpholine rings is 1. The third-order valence-electron chi connectivity index (χ3n) is 2.89. The van der Waals surface area contributed by atoms with E-state index in [1.54, 1.807) is 6.07 Å². The zero-order valence-electron chi connectivity index (χ0n) is 9.82. The topological polar surface area (TPSA) is 36.3 Å². The van der Waals surface area contributed by atoms with E-state index in [0.29, 0.717) is 24.3 Å². The molecule has 1 aromatic carbocycles.